The van der Waals surface area contributed by atoms with Crippen LogP contribution >= 0.6 is 11.6 Å². The van der Waals surface area contributed by atoms with Gasteiger partial charge in [-0.25, -0.2) is 0 Å². The van der Waals surface area contributed by atoms with Gasteiger partial charge in [-0.2, -0.15) is 0 Å². The van der Waals surface area contributed by atoms with Crippen LogP contribution in [0.15, 0.2) is 60.8 Å². The predicted molar refractivity (Wildman–Crippen MR) is 111 cm³/mol. The van der Waals surface area contributed by atoms with Gasteiger partial charge in [-0.3, -0.25) is 14.6 Å². The summed E-state index contributed by atoms with van der Waals surface area (Å²) in [6, 6.07) is 16.1. The van der Waals surface area contributed by atoms with E-state index in [0.717, 1.165) is 22.4 Å². The highest BCUT2D eigenvalue weighted by atomic mass is 35.5. The molecule has 3 aromatic rings. The summed E-state index contributed by atoms with van der Waals surface area (Å²) in [7, 11) is 0. The molecule has 2 N–H and O–H groups in total. The van der Waals surface area contributed by atoms with E-state index in [2.05, 4.69) is 15.6 Å². The molecule has 2 amide bonds. The van der Waals surface area contributed by atoms with Crippen LogP contribution in [0.2, 0.25) is 5.02 Å². The van der Waals surface area contributed by atoms with Gasteiger partial charge in [0.2, 0.25) is 0 Å². The maximum absolute atomic E-state index is 12.6. The number of benzene rings is 2. The maximum atomic E-state index is 12.6. The second-order valence-corrected chi connectivity index (χ2v) is 6.83. The average molecular weight is 394 g/mol. The molecule has 2 aromatic carbocycles. The molecular weight excluding hydrogens is 374 g/mol. The molecule has 3 rings (SSSR count). The van der Waals surface area contributed by atoms with Crippen LogP contribution in [0, 0.1) is 13.8 Å². The van der Waals surface area contributed by atoms with Gasteiger partial charge in [-0.05, 0) is 48.7 Å². The molecule has 28 heavy (non-hydrogen) atoms. The van der Waals surface area contributed by atoms with Crippen molar-refractivity contribution in [3.63, 3.8) is 0 Å². The molecule has 0 fully saturated rings. The molecule has 0 saturated heterocycles. The van der Waals surface area contributed by atoms with Crippen LogP contribution < -0.4 is 10.6 Å². The van der Waals surface area contributed by atoms with Gasteiger partial charge >= 0.3 is 0 Å². The first-order chi connectivity index (χ1) is 13.5. The van der Waals surface area contributed by atoms with Crippen molar-refractivity contribution in [3.8, 4) is 0 Å². The lowest BCUT2D eigenvalue weighted by atomic mass is 10.1. The van der Waals surface area contributed by atoms with E-state index in [1.54, 1.807) is 12.1 Å². The van der Waals surface area contributed by atoms with Gasteiger partial charge in [0.25, 0.3) is 11.8 Å². The van der Waals surface area contributed by atoms with Gasteiger partial charge < -0.3 is 10.6 Å². The molecule has 0 bridgehead atoms. The molecular formula is C22H20ClN3O2. The number of carbonyl (C=O) groups excluding carboxylic acids is 2. The Morgan fingerprint density at radius 2 is 1.68 bits per heavy atom. The Balaban J connectivity index is 1.72. The Labute approximate surface area is 168 Å². The number of rotatable bonds is 5. The second kappa shape index (κ2) is 8.67. The highest BCUT2D eigenvalue weighted by Gasteiger charge is 2.14. The van der Waals surface area contributed by atoms with Gasteiger partial charge in [0.1, 0.15) is 5.69 Å². The zero-order valence-electron chi connectivity index (χ0n) is 15.6. The molecule has 0 unspecified atom stereocenters. The normalized spacial score (nSPS) is 10.4. The Morgan fingerprint density at radius 1 is 0.964 bits per heavy atom. The van der Waals surface area contributed by atoms with E-state index in [1.807, 2.05) is 50.2 Å². The van der Waals surface area contributed by atoms with E-state index in [4.69, 9.17) is 11.6 Å². The highest BCUT2D eigenvalue weighted by Crippen LogP contribution is 2.20. The van der Waals surface area contributed by atoms with Gasteiger partial charge in [-0.1, -0.05) is 48.0 Å². The third-order valence-corrected chi connectivity index (χ3v) is 4.74. The first-order valence-corrected chi connectivity index (χ1v) is 9.18. The van der Waals surface area contributed by atoms with E-state index >= 15 is 0 Å². The number of aromatic nitrogens is 1. The number of hydrogen-bond donors (Lipinski definition) is 2. The van der Waals surface area contributed by atoms with E-state index < -0.39 is 0 Å². The summed E-state index contributed by atoms with van der Waals surface area (Å²) in [6.45, 7) is 4.15. The average Bonchev–Trinajstić information content (AvgIpc) is 2.70. The number of para-hydroxylation sites is 1. The molecule has 6 heteroatoms. The van der Waals surface area contributed by atoms with Crippen LogP contribution in [0.1, 0.15) is 37.5 Å². The number of halogens is 1. The molecule has 1 heterocycles. The summed E-state index contributed by atoms with van der Waals surface area (Å²) in [4.78, 5) is 29.1. The lowest BCUT2D eigenvalue weighted by Crippen LogP contribution is -2.24. The zero-order chi connectivity index (χ0) is 20.1. The number of nitrogens with one attached hydrogen (secondary N) is 2. The van der Waals surface area contributed by atoms with Crippen LogP contribution in [0.5, 0.6) is 0 Å². The fourth-order valence-corrected chi connectivity index (χ4v) is 3.01. The summed E-state index contributed by atoms with van der Waals surface area (Å²) < 4.78 is 0. The molecule has 5 nitrogen and oxygen atoms in total. The summed E-state index contributed by atoms with van der Waals surface area (Å²) in [5, 5.41) is 6.27. The Hall–Kier alpha value is -3.18. The van der Waals surface area contributed by atoms with Crippen LogP contribution in [-0.2, 0) is 6.54 Å². The third-order valence-electron chi connectivity index (χ3n) is 4.37. The SMILES string of the molecule is Cc1cccc(C)c1NC(=O)c1cc(C(=O)NCc2ccccc2Cl)ccn1. The van der Waals surface area contributed by atoms with Crippen molar-refractivity contribution in [2.24, 2.45) is 0 Å². The lowest BCUT2D eigenvalue weighted by Gasteiger charge is -2.11. The van der Waals surface area contributed by atoms with E-state index in [1.165, 1.54) is 12.3 Å². The Morgan fingerprint density at radius 3 is 2.39 bits per heavy atom. The minimum atomic E-state index is -0.363. The molecule has 0 saturated carbocycles. The molecule has 0 aliphatic rings. The predicted octanol–water partition coefficient (Wildman–Crippen LogP) is 4.53. The van der Waals surface area contributed by atoms with Crippen molar-refractivity contribution in [3.05, 3.63) is 93.8 Å². The molecule has 0 aliphatic heterocycles. The zero-order valence-corrected chi connectivity index (χ0v) is 16.4. The van der Waals surface area contributed by atoms with Crippen LogP contribution in [-0.4, -0.2) is 16.8 Å². The largest absolute Gasteiger partial charge is 0.348 e. The molecule has 0 atom stereocenters. The monoisotopic (exact) mass is 393 g/mol. The van der Waals surface area contributed by atoms with E-state index in [9.17, 15) is 9.59 Å². The van der Waals surface area contributed by atoms with Crippen molar-refractivity contribution in [1.29, 1.82) is 0 Å². The molecule has 0 radical (unpaired) electrons. The Kier molecular flexibility index (Phi) is 6.06. The molecule has 142 valence electrons. The molecule has 0 aliphatic carbocycles. The molecule has 1 aromatic heterocycles. The second-order valence-electron chi connectivity index (χ2n) is 6.42. The van der Waals surface area contributed by atoms with Gasteiger partial charge in [-0.15, -0.1) is 0 Å². The smallest absolute Gasteiger partial charge is 0.274 e. The first-order valence-electron chi connectivity index (χ1n) is 8.81. The minimum Gasteiger partial charge on any atom is -0.348 e. The fraction of sp³-hybridized carbons (Fsp3) is 0.136. The minimum absolute atomic E-state index is 0.174. The van der Waals surface area contributed by atoms with Gasteiger partial charge in [0.15, 0.2) is 0 Å². The summed E-state index contributed by atoms with van der Waals surface area (Å²) in [5.74, 6) is -0.665. The summed E-state index contributed by atoms with van der Waals surface area (Å²) in [6.07, 6.45) is 1.45. The van der Waals surface area contributed by atoms with Gasteiger partial charge in [0, 0.05) is 29.0 Å². The van der Waals surface area contributed by atoms with Crippen molar-refractivity contribution in [2.45, 2.75) is 20.4 Å². The number of nitrogens with zero attached hydrogens (tertiary/aromatic N) is 1. The maximum Gasteiger partial charge on any atom is 0.274 e. The van der Waals surface area contributed by atoms with Gasteiger partial charge in [0.05, 0.1) is 0 Å². The highest BCUT2D eigenvalue weighted by molar-refractivity contribution is 6.31. The van der Waals surface area contributed by atoms with Crippen LogP contribution in [0.4, 0.5) is 5.69 Å². The van der Waals surface area contributed by atoms with E-state index in [0.29, 0.717) is 17.1 Å². The summed E-state index contributed by atoms with van der Waals surface area (Å²) in [5.41, 5.74) is 4.02. The third kappa shape index (κ3) is 4.56. The number of anilines is 1. The van der Waals surface area contributed by atoms with Crippen LogP contribution in [0.25, 0.3) is 0 Å². The Bertz CT molecular complexity index is 1010. The molecule has 0 spiro atoms. The number of carbonyl (C=O) groups is 2. The topological polar surface area (TPSA) is 71.1 Å². The first kappa shape index (κ1) is 19.6. The van der Waals surface area contributed by atoms with Crippen LogP contribution in [0.3, 0.4) is 0 Å². The number of aryl methyl sites for hydroxylation is 2. The standard InChI is InChI=1S/C22H20ClN3O2/c1-14-6-5-7-15(2)20(14)26-22(28)19-12-16(10-11-24-19)21(27)25-13-17-8-3-4-9-18(17)23/h3-12H,13H2,1-2H3,(H,25,27)(H,26,28). The van der Waals surface area contributed by atoms with Crippen molar-refractivity contribution < 1.29 is 9.59 Å². The quantitative estimate of drug-likeness (QED) is 0.668. The summed E-state index contributed by atoms with van der Waals surface area (Å²) >= 11 is 6.11. The number of hydrogen-bond acceptors (Lipinski definition) is 3. The van der Waals surface area contributed by atoms with Crippen molar-refractivity contribution >= 4 is 29.1 Å². The fourth-order valence-electron chi connectivity index (χ4n) is 2.80. The van der Waals surface area contributed by atoms with Crippen molar-refractivity contribution in [1.82, 2.24) is 10.3 Å². The number of amides is 2. The lowest BCUT2D eigenvalue weighted by molar-refractivity contribution is 0.0951. The number of pyridine rings is 1. The van der Waals surface area contributed by atoms with E-state index in [-0.39, 0.29) is 17.5 Å². The van der Waals surface area contributed by atoms with Crippen molar-refractivity contribution in [2.75, 3.05) is 5.32 Å².